The van der Waals surface area contributed by atoms with Gasteiger partial charge in [0, 0.05) is 51.6 Å². The second-order valence-electron chi connectivity index (χ2n) is 6.71. The molecule has 3 heterocycles. The summed E-state index contributed by atoms with van der Waals surface area (Å²) in [5, 5.41) is 6.78. The summed E-state index contributed by atoms with van der Waals surface area (Å²) in [5.74, 6) is 0.791. The van der Waals surface area contributed by atoms with Gasteiger partial charge >= 0.3 is 0 Å². The molecule has 2 aromatic carbocycles. The van der Waals surface area contributed by atoms with Gasteiger partial charge in [-0.15, -0.1) is 11.3 Å². The van der Waals surface area contributed by atoms with Crippen LogP contribution in [0.15, 0.2) is 66.3 Å². The van der Waals surface area contributed by atoms with Crippen LogP contribution in [0.3, 0.4) is 0 Å². The average molecular weight is 388 g/mol. The molecule has 5 nitrogen and oxygen atoms in total. The number of anilines is 3. The lowest BCUT2D eigenvalue weighted by molar-refractivity contribution is 0.122. The molecular weight excluding hydrogens is 368 g/mol. The molecule has 0 saturated carbocycles. The highest BCUT2D eigenvalue weighted by atomic mass is 32.1. The lowest BCUT2D eigenvalue weighted by Gasteiger charge is -2.28. The fourth-order valence-corrected chi connectivity index (χ4v) is 4.43. The fourth-order valence-electron chi connectivity index (χ4n) is 3.47. The largest absolute Gasteiger partial charge is 0.378 e. The molecule has 5 rings (SSSR count). The number of ether oxygens (including phenoxy) is 1. The molecule has 2 aromatic heterocycles. The summed E-state index contributed by atoms with van der Waals surface area (Å²) in [4.78, 5) is 11.2. The van der Waals surface area contributed by atoms with Crippen molar-refractivity contribution in [3.8, 4) is 11.3 Å². The molecule has 1 aliphatic heterocycles. The summed E-state index contributed by atoms with van der Waals surface area (Å²) in [5.41, 5.74) is 4.31. The van der Waals surface area contributed by atoms with Crippen molar-refractivity contribution in [1.82, 2.24) is 9.97 Å². The molecule has 1 aliphatic rings. The van der Waals surface area contributed by atoms with Crippen molar-refractivity contribution in [2.45, 2.75) is 0 Å². The van der Waals surface area contributed by atoms with Crippen LogP contribution >= 0.6 is 11.3 Å². The minimum absolute atomic E-state index is 0.791. The van der Waals surface area contributed by atoms with Crippen molar-refractivity contribution in [3.63, 3.8) is 0 Å². The van der Waals surface area contributed by atoms with Crippen LogP contribution < -0.4 is 10.2 Å². The van der Waals surface area contributed by atoms with E-state index in [1.807, 2.05) is 6.07 Å². The summed E-state index contributed by atoms with van der Waals surface area (Å²) in [6.45, 7) is 3.47. The molecule has 0 aliphatic carbocycles. The Morgan fingerprint density at radius 3 is 2.64 bits per heavy atom. The van der Waals surface area contributed by atoms with Gasteiger partial charge < -0.3 is 15.0 Å². The van der Waals surface area contributed by atoms with E-state index < -0.39 is 0 Å². The molecule has 1 fully saturated rings. The standard InChI is InChI=1S/C22H20N4OS/c1-2-4-21-18(3-1)19(14-28-21)20-13-22(24-15-23-20)25-16-5-7-17(8-6-16)26-9-11-27-12-10-26/h1-8,13-15H,9-12H2,(H,23,24,25). The predicted molar refractivity (Wildman–Crippen MR) is 116 cm³/mol. The van der Waals surface area contributed by atoms with Crippen molar-refractivity contribution < 1.29 is 4.74 Å². The van der Waals surface area contributed by atoms with E-state index in [4.69, 9.17) is 4.74 Å². The Balaban J connectivity index is 1.37. The van der Waals surface area contributed by atoms with E-state index >= 15 is 0 Å². The molecule has 28 heavy (non-hydrogen) atoms. The number of nitrogens with one attached hydrogen (secondary N) is 1. The third-order valence-electron chi connectivity index (χ3n) is 4.94. The van der Waals surface area contributed by atoms with Crippen LogP contribution in [-0.2, 0) is 4.74 Å². The topological polar surface area (TPSA) is 50.3 Å². The van der Waals surface area contributed by atoms with Crippen LogP contribution in [0, 0.1) is 0 Å². The van der Waals surface area contributed by atoms with Gasteiger partial charge in [0.05, 0.1) is 18.9 Å². The normalized spacial score (nSPS) is 14.4. The highest BCUT2D eigenvalue weighted by Gasteiger charge is 2.11. The van der Waals surface area contributed by atoms with Gasteiger partial charge in [0.15, 0.2) is 0 Å². The van der Waals surface area contributed by atoms with Gasteiger partial charge in [-0.25, -0.2) is 9.97 Å². The summed E-state index contributed by atoms with van der Waals surface area (Å²) in [6, 6.07) is 18.9. The Hall–Kier alpha value is -2.96. The number of hydrogen-bond donors (Lipinski definition) is 1. The highest BCUT2D eigenvalue weighted by Crippen LogP contribution is 2.33. The first-order valence-corrected chi connectivity index (χ1v) is 10.2. The van der Waals surface area contributed by atoms with E-state index in [9.17, 15) is 0 Å². The van der Waals surface area contributed by atoms with Gasteiger partial charge in [0.1, 0.15) is 12.1 Å². The van der Waals surface area contributed by atoms with Gasteiger partial charge in [0.2, 0.25) is 0 Å². The predicted octanol–water partition coefficient (Wildman–Crippen LogP) is 4.94. The molecule has 0 amide bonds. The van der Waals surface area contributed by atoms with Crippen molar-refractivity contribution >= 4 is 38.6 Å². The van der Waals surface area contributed by atoms with Crippen molar-refractivity contribution in [2.24, 2.45) is 0 Å². The molecule has 1 saturated heterocycles. The molecule has 0 unspecified atom stereocenters. The number of nitrogens with zero attached hydrogens (tertiary/aromatic N) is 3. The van der Waals surface area contributed by atoms with Gasteiger partial charge in [-0.2, -0.15) is 0 Å². The third kappa shape index (κ3) is 3.44. The summed E-state index contributed by atoms with van der Waals surface area (Å²) in [7, 11) is 0. The second kappa shape index (κ2) is 7.58. The molecular formula is C22H20N4OS. The van der Waals surface area contributed by atoms with Crippen molar-refractivity contribution in [2.75, 3.05) is 36.5 Å². The first-order chi connectivity index (χ1) is 13.9. The zero-order valence-electron chi connectivity index (χ0n) is 15.3. The minimum atomic E-state index is 0.791. The molecule has 6 heteroatoms. The van der Waals surface area contributed by atoms with Crippen molar-refractivity contribution in [1.29, 1.82) is 0 Å². The van der Waals surface area contributed by atoms with Crippen LogP contribution in [0.5, 0.6) is 0 Å². The van der Waals surface area contributed by atoms with Gasteiger partial charge in [-0.1, -0.05) is 18.2 Å². The highest BCUT2D eigenvalue weighted by molar-refractivity contribution is 7.17. The lowest BCUT2D eigenvalue weighted by Crippen LogP contribution is -2.36. The Kier molecular flexibility index (Phi) is 4.64. The summed E-state index contributed by atoms with van der Waals surface area (Å²) in [6.07, 6.45) is 1.62. The van der Waals surface area contributed by atoms with Crippen LogP contribution in [-0.4, -0.2) is 36.3 Å². The Labute approximate surface area is 167 Å². The maximum Gasteiger partial charge on any atom is 0.134 e. The van der Waals surface area contributed by atoms with Crippen LogP contribution in [0.4, 0.5) is 17.2 Å². The van der Waals surface area contributed by atoms with E-state index in [0.717, 1.165) is 49.1 Å². The van der Waals surface area contributed by atoms with Crippen LogP contribution in [0.1, 0.15) is 0 Å². The Morgan fingerprint density at radius 1 is 0.964 bits per heavy atom. The fraction of sp³-hybridized carbons (Fsp3) is 0.182. The smallest absolute Gasteiger partial charge is 0.134 e. The number of rotatable bonds is 4. The number of aromatic nitrogens is 2. The maximum atomic E-state index is 5.43. The van der Waals surface area contributed by atoms with Gasteiger partial charge in [-0.05, 0) is 30.3 Å². The van der Waals surface area contributed by atoms with Gasteiger partial charge in [0.25, 0.3) is 0 Å². The Bertz CT molecular complexity index is 1090. The first kappa shape index (κ1) is 17.2. The number of thiophene rings is 1. The number of hydrogen-bond acceptors (Lipinski definition) is 6. The molecule has 1 N–H and O–H groups in total. The number of morpholine rings is 1. The maximum absolute atomic E-state index is 5.43. The lowest BCUT2D eigenvalue weighted by atomic mass is 10.1. The zero-order chi connectivity index (χ0) is 18.8. The van der Waals surface area contributed by atoms with Crippen molar-refractivity contribution in [3.05, 3.63) is 66.3 Å². The van der Waals surface area contributed by atoms with Gasteiger partial charge in [-0.3, -0.25) is 0 Å². The summed E-state index contributed by atoms with van der Waals surface area (Å²) >= 11 is 1.74. The third-order valence-corrected chi connectivity index (χ3v) is 5.90. The molecule has 0 bridgehead atoms. The molecule has 0 atom stereocenters. The van der Waals surface area contributed by atoms with E-state index in [1.165, 1.54) is 15.8 Å². The Morgan fingerprint density at radius 2 is 1.79 bits per heavy atom. The molecule has 140 valence electrons. The van der Waals surface area contributed by atoms with E-state index in [-0.39, 0.29) is 0 Å². The molecule has 0 spiro atoms. The SMILES string of the molecule is c1ccc2c(-c3cc(Nc4ccc(N5CCOCC5)cc4)ncn3)csc2c1. The summed E-state index contributed by atoms with van der Waals surface area (Å²) < 4.78 is 6.69. The quantitative estimate of drug-likeness (QED) is 0.537. The first-order valence-electron chi connectivity index (χ1n) is 9.35. The van der Waals surface area contributed by atoms with Crippen LogP contribution in [0.25, 0.3) is 21.3 Å². The number of fused-ring (bicyclic) bond motifs is 1. The minimum Gasteiger partial charge on any atom is -0.378 e. The second-order valence-corrected chi connectivity index (χ2v) is 7.62. The van der Waals surface area contributed by atoms with E-state index in [0.29, 0.717) is 0 Å². The van der Waals surface area contributed by atoms with E-state index in [2.05, 4.69) is 74.1 Å². The number of benzene rings is 2. The van der Waals surface area contributed by atoms with Crippen LogP contribution in [0.2, 0.25) is 0 Å². The average Bonchev–Trinajstić information content (AvgIpc) is 3.19. The monoisotopic (exact) mass is 388 g/mol. The zero-order valence-corrected chi connectivity index (χ0v) is 16.2. The molecule has 0 radical (unpaired) electrons. The van der Waals surface area contributed by atoms with E-state index in [1.54, 1.807) is 17.7 Å². The molecule has 4 aromatic rings.